The molecule has 8 nitrogen and oxygen atoms in total. The summed E-state index contributed by atoms with van der Waals surface area (Å²) in [4.78, 5) is 24.1. The number of aromatic amines is 1. The summed E-state index contributed by atoms with van der Waals surface area (Å²) in [6.45, 7) is 4.64. The molecule has 5 rings (SSSR count). The number of aryl methyl sites for hydroxylation is 2. The first-order valence-corrected chi connectivity index (χ1v) is 11.3. The van der Waals surface area contributed by atoms with Crippen LogP contribution in [0.2, 0.25) is 0 Å². The zero-order valence-electron chi connectivity index (χ0n) is 18.7. The van der Waals surface area contributed by atoms with E-state index in [1.54, 1.807) is 0 Å². The Morgan fingerprint density at radius 3 is 2.42 bits per heavy atom. The average molecular weight is 440 g/mol. The lowest BCUT2D eigenvalue weighted by Gasteiger charge is -2.30. The zero-order valence-corrected chi connectivity index (χ0v) is 18.7. The summed E-state index contributed by atoms with van der Waals surface area (Å²) in [5.74, 6) is 2.24. The highest BCUT2D eigenvalue weighted by Gasteiger charge is 2.28. The lowest BCUT2D eigenvalue weighted by Crippen LogP contribution is -2.36. The van der Waals surface area contributed by atoms with Crippen LogP contribution in [0.3, 0.4) is 0 Å². The second kappa shape index (κ2) is 8.90. The van der Waals surface area contributed by atoms with Gasteiger partial charge < -0.3 is 0 Å². The maximum Gasteiger partial charge on any atom is 0.228 e. The third-order valence-corrected chi connectivity index (χ3v) is 6.03. The fraction of sp³-hybridized carbons (Fsp3) is 0.280. The third kappa shape index (κ3) is 4.00. The topological polar surface area (TPSA) is 101 Å². The smallest absolute Gasteiger partial charge is 0.228 e. The number of rotatable bonds is 6. The van der Waals surface area contributed by atoms with Gasteiger partial charge in [0.1, 0.15) is 11.6 Å². The molecule has 2 aromatic carbocycles. The standard InChI is InChI=1S/C25H25N7O/c1-3-21-20-13-14-23(33)32(25(20)27-22(4-2)26-21)15-16-9-11-17(12-10-16)18-7-5-6-8-19(18)24-28-30-31-29-24/h5-12H,3-4,13-15H2,1-2H3,(H,28,29,30,31). The van der Waals surface area contributed by atoms with Crippen molar-refractivity contribution in [3.8, 4) is 22.5 Å². The number of anilines is 1. The molecule has 8 heteroatoms. The Hall–Kier alpha value is -3.94. The largest absolute Gasteiger partial charge is 0.292 e. The van der Waals surface area contributed by atoms with Crippen LogP contribution in [-0.4, -0.2) is 36.5 Å². The molecular weight excluding hydrogens is 414 g/mol. The van der Waals surface area contributed by atoms with Crippen molar-refractivity contribution in [2.75, 3.05) is 4.90 Å². The van der Waals surface area contributed by atoms with Gasteiger partial charge in [-0.1, -0.05) is 62.4 Å². The van der Waals surface area contributed by atoms with Gasteiger partial charge in [0.2, 0.25) is 11.7 Å². The van der Waals surface area contributed by atoms with E-state index in [0.717, 1.165) is 58.0 Å². The van der Waals surface area contributed by atoms with Crippen LogP contribution in [0.15, 0.2) is 48.5 Å². The van der Waals surface area contributed by atoms with Gasteiger partial charge in [-0.05, 0) is 34.7 Å². The van der Waals surface area contributed by atoms with E-state index in [2.05, 4.69) is 51.8 Å². The summed E-state index contributed by atoms with van der Waals surface area (Å²) in [7, 11) is 0. The molecule has 0 aliphatic carbocycles. The van der Waals surface area contributed by atoms with Crippen LogP contribution in [0, 0.1) is 0 Å². The van der Waals surface area contributed by atoms with Crippen LogP contribution in [0.1, 0.15) is 42.9 Å². The van der Waals surface area contributed by atoms with Gasteiger partial charge in [-0.15, -0.1) is 10.2 Å². The number of H-pyrrole nitrogens is 1. The fourth-order valence-electron chi connectivity index (χ4n) is 4.32. The molecule has 0 bridgehead atoms. The molecule has 33 heavy (non-hydrogen) atoms. The number of tetrazole rings is 1. The second-order valence-corrected chi connectivity index (χ2v) is 8.05. The highest BCUT2D eigenvalue weighted by atomic mass is 16.2. The number of nitrogens with one attached hydrogen (secondary N) is 1. The number of hydrogen-bond donors (Lipinski definition) is 1. The minimum Gasteiger partial charge on any atom is -0.292 e. The molecule has 0 saturated carbocycles. The molecule has 2 aromatic heterocycles. The van der Waals surface area contributed by atoms with Crippen molar-refractivity contribution in [1.29, 1.82) is 0 Å². The van der Waals surface area contributed by atoms with Gasteiger partial charge in [0.05, 0.1) is 6.54 Å². The van der Waals surface area contributed by atoms with Crippen molar-refractivity contribution in [3.05, 3.63) is 71.2 Å². The van der Waals surface area contributed by atoms with E-state index in [0.29, 0.717) is 25.2 Å². The lowest BCUT2D eigenvalue weighted by atomic mass is 9.97. The number of nitrogens with zero attached hydrogens (tertiary/aromatic N) is 6. The summed E-state index contributed by atoms with van der Waals surface area (Å²) < 4.78 is 0. The monoisotopic (exact) mass is 439 g/mol. The quantitative estimate of drug-likeness (QED) is 0.489. The number of benzene rings is 2. The van der Waals surface area contributed by atoms with Crippen LogP contribution < -0.4 is 4.90 Å². The van der Waals surface area contributed by atoms with E-state index in [9.17, 15) is 4.79 Å². The molecule has 0 radical (unpaired) electrons. The summed E-state index contributed by atoms with van der Waals surface area (Å²) in [6, 6.07) is 16.2. The molecule has 0 spiro atoms. The Kier molecular flexibility index (Phi) is 5.64. The fourth-order valence-corrected chi connectivity index (χ4v) is 4.32. The average Bonchev–Trinajstić information content (AvgIpc) is 3.40. The Balaban J connectivity index is 1.45. The van der Waals surface area contributed by atoms with E-state index in [1.807, 2.05) is 36.1 Å². The van der Waals surface area contributed by atoms with E-state index in [1.165, 1.54) is 0 Å². The number of hydrogen-bond acceptors (Lipinski definition) is 6. The minimum absolute atomic E-state index is 0.108. The van der Waals surface area contributed by atoms with Gasteiger partial charge in [-0.3, -0.25) is 9.69 Å². The Morgan fingerprint density at radius 2 is 1.73 bits per heavy atom. The molecule has 1 aliphatic rings. The number of fused-ring (bicyclic) bond motifs is 1. The van der Waals surface area contributed by atoms with Gasteiger partial charge in [-0.2, -0.15) is 5.21 Å². The Morgan fingerprint density at radius 1 is 0.939 bits per heavy atom. The first-order chi connectivity index (χ1) is 16.2. The Labute approximate surface area is 192 Å². The van der Waals surface area contributed by atoms with E-state index in [-0.39, 0.29) is 5.91 Å². The third-order valence-electron chi connectivity index (χ3n) is 6.03. The van der Waals surface area contributed by atoms with Gasteiger partial charge in [0.15, 0.2) is 0 Å². The van der Waals surface area contributed by atoms with Crippen molar-refractivity contribution in [1.82, 2.24) is 30.6 Å². The molecule has 4 aromatic rings. The number of carbonyl (C=O) groups is 1. The van der Waals surface area contributed by atoms with Crippen LogP contribution in [-0.2, 0) is 30.6 Å². The van der Waals surface area contributed by atoms with Crippen molar-refractivity contribution in [2.24, 2.45) is 0 Å². The van der Waals surface area contributed by atoms with Crippen molar-refractivity contribution >= 4 is 11.7 Å². The van der Waals surface area contributed by atoms with E-state index >= 15 is 0 Å². The maximum absolute atomic E-state index is 12.9. The van der Waals surface area contributed by atoms with Gasteiger partial charge >= 0.3 is 0 Å². The lowest BCUT2D eigenvalue weighted by molar-refractivity contribution is -0.119. The molecule has 166 valence electrons. The molecule has 0 unspecified atom stereocenters. The molecule has 0 saturated heterocycles. The highest BCUT2D eigenvalue weighted by molar-refractivity contribution is 5.95. The van der Waals surface area contributed by atoms with Crippen molar-refractivity contribution < 1.29 is 4.79 Å². The highest BCUT2D eigenvalue weighted by Crippen LogP contribution is 2.32. The Bertz CT molecular complexity index is 1280. The van der Waals surface area contributed by atoms with E-state index in [4.69, 9.17) is 9.97 Å². The SMILES string of the molecule is CCc1nc(CC)c2c(n1)N(Cc1ccc(-c3ccccc3-c3nn[nH]n3)cc1)C(=O)CC2. The van der Waals surface area contributed by atoms with Crippen molar-refractivity contribution in [3.63, 3.8) is 0 Å². The molecule has 0 atom stereocenters. The molecule has 1 aliphatic heterocycles. The normalized spacial score (nSPS) is 13.3. The first-order valence-electron chi connectivity index (χ1n) is 11.3. The number of carbonyl (C=O) groups excluding carboxylic acids is 1. The second-order valence-electron chi connectivity index (χ2n) is 8.05. The van der Waals surface area contributed by atoms with Gasteiger partial charge in [0, 0.05) is 29.7 Å². The molecule has 3 heterocycles. The number of amides is 1. The summed E-state index contributed by atoms with van der Waals surface area (Å²) in [5, 5.41) is 14.4. The molecular formula is C25H25N7O. The van der Waals surface area contributed by atoms with Crippen LogP contribution >= 0.6 is 0 Å². The molecule has 1 N–H and O–H groups in total. The molecule has 1 amide bonds. The summed E-state index contributed by atoms with van der Waals surface area (Å²) in [6.07, 6.45) is 2.79. The molecule has 0 fully saturated rings. The van der Waals surface area contributed by atoms with Crippen LogP contribution in [0.5, 0.6) is 0 Å². The predicted molar refractivity (Wildman–Crippen MR) is 125 cm³/mol. The van der Waals surface area contributed by atoms with Gasteiger partial charge in [0.25, 0.3) is 0 Å². The summed E-state index contributed by atoms with van der Waals surface area (Å²) in [5.41, 5.74) is 6.20. The van der Waals surface area contributed by atoms with Crippen molar-refractivity contribution in [2.45, 2.75) is 46.1 Å². The van der Waals surface area contributed by atoms with Gasteiger partial charge in [-0.25, -0.2) is 9.97 Å². The maximum atomic E-state index is 12.9. The van der Waals surface area contributed by atoms with E-state index < -0.39 is 0 Å². The summed E-state index contributed by atoms with van der Waals surface area (Å²) >= 11 is 0. The predicted octanol–water partition coefficient (Wildman–Crippen LogP) is 3.93. The number of aromatic nitrogens is 6. The van der Waals surface area contributed by atoms with Crippen LogP contribution in [0.4, 0.5) is 5.82 Å². The minimum atomic E-state index is 0.108. The first kappa shape index (κ1) is 20.9. The zero-order chi connectivity index (χ0) is 22.8. The van der Waals surface area contributed by atoms with Crippen LogP contribution in [0.25, 0.3) is 22.5 Å².